The van der Waals surface area contributed by atoms with Gasteiger partial charge in [0.2, 0.25) is 0 Å². The summed E-state index contributed by atoms with van der Waals surface area (Å²) >= 11 is 0. The van der Waals surface area contributed by atoms with Crippen LogP contribution in [0, 0.1) is 11.8 Å². The molecular weight excluding hydrogens is 476 g/mol. The van der Waals surface area contributed by atoms with Gasteiger partial charge in [0.25, 0.3) is 0 Å². The number of ether oxygens (including phenoxy) is 3. The number of hydrogen-bond acceptors (Lipinski definition) is 7. The molecule has 0 spiro atoms. The van der Waals surface area contributed by atoms with E-state index in [1.807, 2.05) is 19.9 Å². The Hall–Kier alpha value is -1.22. The van der Waals surface area contributed by atoms with E-state index in [-0.39, 0.29) is 12.0 Å². The molecule has 36 heavy (non-hydrogen) atoms. The van der Waals surface area contributed by atoms with Crippen LogP contribution < -0.4 is 0 Å². The topological polar surface area (TPSA) is 91.3 Å². The number of aliphatic hydroxyl groups is 1. The molecule has 2 saturated heterocycles. The molecule has 0 aromatic rings. The van der Waals surface area contributed by atoms with Crippen LogP contribution in [0.3, 0.4) is 0 Å². The molecule has 0 radical (unpaired) electrons. The Kier molecular flexibility index (Phi) is 11.7. The number of esters is 2. The molecule has 8 heteroatoms. The van der Waals surface area contributed by atoms with Gasteiger partial charge in [0.1, 0.15) is 17.8 Å². The number of carbonyl (C=O) groups is 2. The van der Waals surface area contributed by atoms with Crippen molar-refractivity contribution >= 4 is 20.3 Å². The summed E-state index contributed by atoms with van der Waals surface area (Å²) in [6, 6.07) is 3.17. The van der Waals surface area contributed by atoms with Gasteiger partial charge in [-0.1, -0.05) is 60.3 Å². The van der Waals surface area contributed by atoms with Crippen molar-refractivity contribution in [1.29, 1.82) is 0 Å². The third-order valence-corrected chi connectivity index (χ3v) is 13.2. The highest BCUT2D eigenvalue weighted by Gasteiger charge is 2.60. The molecule has 2 fully saturated rings. The molecular formula is C28H50O7Si. The summed E-state index contributed by atoms with van der Waals surface area (Å²) in [6.07, 6.45) is 6.00. The van der Waals surface area contributed by atoms with Gasteiger partial charge in [-0.3, -0.25) is 4.79 Å². The zero-order chi connectivity index (χ0) is 27.1. The molecule has 2 aliphatic rings. The SMILES string of the molecule is CCCCCC[C@@H](/C=C/C(=O)O[C@@H]1[C@@H](C)[C@@H]2OC(=O)[C@H](C)[C@H](O)[C@@]2(C)O[C@H]1C)O[Si](CC)(CC)CC. The van der Waals surface area contributed by atoms with Crippen molar-refractivity contribution in [3.8, 4) is 0 Å². The first-order chi connectivity index (χ1) is 17.0. The van der Waals surface area contributed by atoms with E-state index >= 15 is 0 Å². The molecule has 8 atom stereocenters. The zero-order valence-corrected chi connectivity index (χ0v) is 24.7. The average Bonchev–Trinajstić information content (AvgIpc) is 2.86. The van der Waals surface area contributed by atoms with Gasteiger partial charge in [-0.05, 0) is 51.4 Å². The largest absolute Gasteiger partial charge is 0.458 e. The van der Waals surface area contributed by atoms with E-state index in [1.165, 1.54) is 18.9 Å². The summed E-state index contributed by atoms with van der Waals surface area (Å²) in [5.41, 5.74) is -1.04. The number of aliphatic hydroxyl groups excluding tert-OH is 1. The van der Waals surface area contributed by atoms with Crippen LogP contribution in [0.1, 0.15) is 87.5 Å². The van der Waals surface area contributed by atoms with Gasteiger partial charge in [-0.25, -0.2) is 4.79 Å². The number of hydrogen-bond donors (Lipinski definition) is 1. The number of fused-ring (bicyclic) bond motifs is 1. The average molecular weight is 527 g/mol. The first-order valence-corrected chi connectivity index (χ1v) is 16.6. The van der Waals surface area contributed by atoms with Gasteiger partial charge in [0.15, 0.2) is 8.32 Å². The molecule has 7 nitrogen and oxygen atoms in total. The number of unbranched alkanes of at least 4 members (excludes halogenated alkanes) is 3. The Morgan fingerprint density at radius 2 is 1.75 bits per heavy atom. The normalized spacial score (nSPS) is 33.8. The molecule has 0 unspecified atom stereocenters. The highest BCUT2D eigenvalue weighted by Crippen LogP contribution is 2.44. The van der Waals surface area contributed by atoms with E-state index in [1.54, 1.807) is 13.8 Å². The van der Waals surface area contributed by atoms with Gasteiger partial charge in [0.05, 0.1) is 24.2 Å². The fourth-order valence-corrected chi connectivity index (χ4v) is 8.67. The Labute approximate surface area is 219 Å². The molecule has 0 aromatic heterocycles. The number of rotatable bonds is 13. The van der Waals surface area contributed by atoms with Gasteiger partial charge >= 0.3 is 11.9 Å². The van der Waals surface area contributed by atoms with E-state index in [9.17, 15) is 14.7 Å². The lowest BCUT2D eigenvalue weighted by Crippen LogP contribution is -2.70. The first-order valence-electron chi connectivity index (χ1n) is 14.1. The van der Waals surface area contributed by atoms with Crippen molar-refractivity contribution < 1.29 is 33.3 Å². The van der Waals surface area contributed by atoms with E-state index < -0.39 is 56.2 Å². The second-order valence-electron chi connectivity index (χ2n) is 11.0. The molecule has 2 aliphatic heterocycles. The molecule has 0 aliphatic carbocycles. The Bertz CT molecular complexity index is 744. The zero-order valence-electron chi connectivity index (χ0n) is 23.7. The van der Waals surface area contributed by atoms with Crippen LogP contribution in [0.5, 0.6) is 0 Å². The molecule has 1 N–H and O–H groups in total. The van der Waals surface area contributed by atoms with Crippen LogP contribution in [-0.2, 0) is 28.2 Å². The quantitative estimate of drug-likeness (QED) is 0.146. The van der Waals surface area contributed by atoms with E-state index in [2.05, 4.69) is 27.7 Å². The summed E-state index contributed by atoms with van der Waals surface area (Å²) in [7, 11) is -1.83. The van der Waals surface area contributed by atoms with Crippen LogP contribution in [-0.4, -0.2) is 61.5 Å². The maximum absolute atomic E-state index is 12.9. The Balaban J connectivity index is 2.11. The standard InChI is InChI=1S/C28H50O7Si/c1-9-13-14-15-16-22(35-36(10-2,11-3)12-4)17-18-23(29)32-24-19(5)26-28(8,34-21(24)7)25(30)20(6)27(31)33-26/h17-22,24-26,30H,9-16H2,1-8H3/b18-17+/t19-,20-,21+,22+,24-,25+,26+,28-/m1/s1. The summed E-state index contributed by atoms with van der Waals surface area (Å²) < 4.78 is 24.4. The lowest BCUT2D eigenvalue weighted by Gasteiger charge is -2.54. The van der Waals surface area contributed by atoms with Crippen molar-refractivity contribution in [2.45, 2.75) is 142 Å². The van der Waals surface area contributed by atoms with Crippen molar-refractivity contribution in [3.63, 3.8) is 0 Å². The Morgan fingerprint density at radius 3 is 2.33 bits per heavy atom. The number of carbonyl (C=O) groups excluding carboxylic acids is 2. The third-order valence-electron chi connectivity index (χ3n) is 8.51. The second kappa shape index (κ2) is 13.5. The van der Waals surface area contributed by atoms with Crippen molar-refractivity contribution in [3.05, 3.63) is 12.2 Å². The maximum Gasteiger partial charge on any atom is 0.330 e. The summed E-state index contributed by atoms with van der Waals surface area (Å²) in [5, 5.41) is 10.8. The molecule has 208 valence electrons. The van der Waals surface area contributed by atoms with Crippen molar-refractivity contribution in [2.24, 2.45) is 11.8 Å². The summed E-state index contributed by atoms with van der Waals surface area (Å²) in [6.45, 7) is 15.9. The van der Waals surface area contributed by atoms with Crippen LogP contribution in [0.4, 0.5) is 0 Å². The molecule has 0 saturated carbocycles. The molecule has 0 bridgehead atoms. The lowest BCUT2D eigenvalue weighted by molar-refractivity contribution is -0.298. The van der Waals surface area contributed by atoms with Crippen LogP contribution >= 0.6 is 0 Å². The fraction of sp³-hybridized carbons (Fsp3) is 0.857. The van der Waals surface area contributed by atoms with Crippen molar-refractivity contribution in [2.75, 3.05) is 0 Å². The monoisotopic (exact) mass is 526 g/mol. The van der Waals surface area contributed by atoms with E-state index in [0.717, 1.165) is 37.4 Å². The highest BCUT2D eigenvalue weighted by molar-refractivity contribution is 6.73. The fourth-order valence-electron chi connectivity index (χ4n) is 5.83. The minimum atomic E-state index is -1.83. The minimum Gasteiger partial charge on any atom is -0.458 e. The van der Waals surface area contributed by atoms with Gasteiger partial charge in [-0.2, -0.15) is 0 Å². The predicted molar refractivity (Wildman–Crippen MR) is 143 cm³/mol. The van der Waals surface area contributed by atoms with Gasteiger partial charge in [-0.15, -0.1) is 0 Å². The summed E-state index contributed by atoms with van der Waals surface area (Å²) in [5.74, 6) is -1.92. The molecule has 2 rings (SSSR count). The third kappa shape index (κ3) is 7.00. The predicted octanol–water partition coefficient (Wildman–Crippen LogP) is 5.55. The molecule has 0 amide bonds. The molecule has 0 aromatic carbocycles. The first kappa shape index (κ1) is 31.0. The van der Waals surface area contributed by atoms with E-state index in [0.29, 0.717) is 0 Å². The Morgan fingerprint density at radius 1 is 1.11 bits per heavy atom. The van der Waals surface area contributed by atoms with Crippen LogP contribution in [0.2, 0.25) is 18.1 Å². The maximum atomic E-state index is 12.9. The van der Waals surface area contributed by atoms with Gasteiger partial charge < -0.3 is 23.7 Å². The lowest BCUT2D eigenvalue weighted by atomic mass is 9.73. The second-order valence-corrected chi connectivity index (χ2v) is 15.7. The summed E-state index contributed by atoms with van der Waals surface area (Å²) in [4.78, 5) is 25.2. The minimum absolute atomic E-state index is 0.0994. The smallest absolute Gasteiger partial charge is 0.330 e. The van der Waals surface area contributed by atoms with Crippen LogP contribution in [0.15, 0.2) is 12.2 Å². The van der Waals surface area contributed by atoms with Crippen molar-refractivity contribution in [1.82, 2.24) is 0 Å². The van der Waals surface area contributed by atoms with Crippen LogP contribution in [0.25, 0.3) is 0 Å². The van der Waals surface area contributed by atoms with E-state index in [4.69, 9.17) is 18.6 Å². The highest BCUT2D eigenvalue weighted by atomic mass is 28.4. The van der Waals surface area contributed by atoms with Gasteiger partial charge in [0, 0.05) is 12.0 Å². The molecule has 2 heterocycles.